The number of likely N-dealkylation sites (tertiary alicyclic amines) is 1. The molecule has 1 aromatic rings. The summed E-state index contributed by atoms with van der Waals surface area (Å²) < 4.78 is 9.41. The maximum atomic E-state index is 12.0. The predicted molar refractivity (Wildman–Crippen MR) is 122 cm³/mol. The van der Waals surface area contributed by atoms with Gasteiger partial charge in [0.15, 0.2) is 0 Å². The lowest BCUT2D eigenvalue weighted by Gasteiger charge is -2.32. The van der Waals surface area contributed by atoms with Crippen LogP contribution in [0.2, 0.25) is 0 Å². The number of carbonyl (C=O) groups is 4. The molecule has 2 rings (SSSR count). The Morgan fingerprint density at radius 1 is 1.15 bits per heavy atom. The third kappa shape index (κ3) is 11.3. The van der Waals surface area contributed by atoms with E-state index in [-0.39, 0.29) is 18.6 Å². The van der Waals surface area contributed by atoms with Crippen LogP contribution in [-0.2, 0) is 30.3 Å². The number of primary amides is 1. The fourth-order valence-corrected chi connectivity index (χ4v) is 2.92. The zero-order valence-corrected chi connectivity index (χ0v) is 20.0. The van der Waals surface area contributed by atoms with Crippen LogP contribution in [0.1, 0.15) is 46.1 Å². The summed E-state index contributed by atoms with van der Waals surface area (Å²) in [5, 5.41) is 5.19. The van der Waals surface area contributed by atoms with Crippen LogP contribution in [0.25, 0.3) is 0 Å². The second kappa shape index (κ2) is 13.4. The largest absolute Gasteiger partial charge is 0.444 e. The van der Waals surface area contributed by atoms with Gasteiger partial charge in [-0.25, -0.2) is 9.78 Å². The minimum atomic E-state index is -0.741. The summed E-state index contributed by atoms with van der Waals surface area (Å²) in [6.45, 7) is 8.43. The Hall–Kier alpha value is -3.21. The van der Waals surface area contributed by atoms with Crippen LogP contribution in [0, 0.1) is 0 Å². The van der Waals surface area contributed by atoms with Gasteiger partial charge >= 0.3 is 17.9 Å². The minimum absolute atomic E-state index is 0.0588. The summed E-state index contributed by atoms with van der Waals surface area (Å²) in [7, 11) is 1.48. The van der Waals surface area contributed by atoms with Gasteiger partial charge < -0.3 is 30.7 Å². The van der Waals surface area contributed by atoms with E-state index in [9.17, 15) is 19.2 Å². The molecule has 4 amide bonds. The maximum absolute atomic E-state index is 12.0. The van der Waals surface area contributed by atoms with Gasteiger partial charge in [-0.2, -0.15) is 0 Å². The van der Waals surface area contributed by atoms with Gasteiger partial charge in [0.2, 0.25) is 5.91 Å². The molecule has 1 aliphatic rings. The number of anilines is 1. The van der Waals surface area contributed by atoms with Crippen molar-refractivity contribution in [3.63, 3.8) is 0 Å². The zero-order valence-electron chi connectivity index (χ0n) is 20.0. The smallest absolute Gasteiger partial charge is 0.405 e. The van der Waals surface area contributed by atoms with Crippen LogP contribution in [-0.4, -0.2) is 72.1 Å². The first-order valence-corrected chi connectivity index (χ1v) is 10.8. The molecule has 1 aromatic heterocycles. The highest BCUT2D eigenvalue weighted by molar-refractivity contribution is 6.39. The maximum Gasteiger partial charge on any atom is 0.405 e. The first kappa shape index (κ1) is 27.8. The van der Waals surface area contributed by atoms with E-state index in [0.717, 1.165) is 12.0 Å². The first-order valence-electron chi connectivity index (χ1n) is 10.8. The third-order valence-electron chi connectivity index (χ3n) is 4.54. The lowest BCUT2D eigenvalue weighted by atomic mass is 10.0. The van der Waals surface area contributed by atoms with E-state index in [4.69, 9.17) is 10.5 Å². The first-order chi connectivity index (χ1) is 15.4. The van der Waals surface area contributed by atoms with E-state index >= 15 is 0 Å². The van der Waals surface area contributed by atoms with Crippen molar-refractivity contribution in [3.8, 4) is 0 Å². The SMILES string of the molecule is CC(C)(C)OC(N)=O.CCc1ccc(NC(=O)C(=O)NC2CCN(C(=O)COC)CC2)nc1. The molecule has 11 heteroatoms. The topological polar surface area (TPSA) is 153 Å². The second-order valence-corrected chi connectivity index (χ2v) is 8.45. The van der Waals surface area contributed by atoms with E-state index in [1.807, 2.05) is 13.0 Å². The molecule has 4 N–H and O–H groups in total. The van der Waals surface area contributed by atoms with E-state index in [2.05, 4.69) is 20.4 Å². The lowest BCUT2D eigenvalue weighted by Crippen LogP contribution is -2.49. The number of nitrogens with one attached hydrogen (secondary N) is 2. The summed E-state index contributed by atoms with van der Waals surface area (Å²) in [5.74, 6) is -1.15. The van der Waals surface area contributed by atoms with Crippen LogP contribution in [0.3, 0.4) is 0 Å². The molecule has 0 atom stereocenters. The Balaban J connectivity index is 0.000000582. The number of hydrogen-bond acceptors (Lipinski definition) is 7. The molecule has 11 nitrogen and oxygen atoms in total. The van der Waals surface area contributed by atoms with Crippen LogP contribution >= 0.6 is 0 Å². The number of aryl methyl sites for hydroxylation is 1. The Morgan fingerprint density at radius 3 is 2.21 bits per heavy atom. The lowest BCUT2D eigenvalue weighted by molar-refractivity contribution is -0.138. The number of pyridine rings is 1. The molecule has 184 valence electrons. The van der Waals surface area contributed by atoms with E-state index < -0.39 is 23.5 Å². The molecular formula is C22H35N5O6. The number of nitrogens with two attached hydrogens (primary N) is 1. The summed E-state index contributed by atoms with van der Waals surface area (Å²) in [5.41, 5.74) is 5.32. The van der Waals surface area contributed by atoms with Crippen molar-refractivity contribution >= 4 is 29.6 Å². The number of nitrogens with zero attached hydrogens (tertiary/aromatic N) is 2. The van der Waals surface area contributed by atoms with Crippen molar-refractivity contribution in [1.82, 2.24) is 15.2 Å². The highest BCUT2D eigenvalue weighted by atomic mass is 16.6. The van der Waals surface area contributed by atoms with Crippen LogP contribution in [0.4, 0.5) is 10.6 Å². The van der Waals surface area contributed by atoms with Crippen LogP contribution in [0.5, 0.6) is 0 Å². The zero-order chi connectivity index (χ0) is 25.0. The molecule has 2 heterocycles. The predicted octanol–water partition coefficient (Wildman–Crippen LogP) is 1.22. The molecule has 0 aliphatic carbocycles. The van der Waals surface area contributed by atoms with Crippen molar-refractivity contribution in [2.24, 2.45) is 5.73 Å². The summed E-state index contributed by atoms with van der Waals surface area (Å²) >= 11 is 0. The molecule has 0 unspecified atom stereocenters. The van der Waals surface area contributed by atoms with Gasteiger partial charge in [0.1, 0.15) is 18.0 Å². The quantitative estimate of drug-likeness (QED) is 0.553. The molecule has 33 heavy (non-hydrogen) atoms. The number of amides is 4. The number of methoxy groups -OCH3 is 1. The monoisotopic (exact) mass is 465 g/mol. The highest BCUT2D eigenvalue weighted by Crippen LogP contribution is 2.11. The number of carbonyl (C=O) groups excluding carboxylic acids is 4. The van der Waals surface area contributed by atoms with Gasteiger partial charge in [-0.3, -0.25) is 14.4 Å². The molecule has 1 fully saturated rings. The molecule has 0 radical (unpaired) electrons. The van der Waals surface area contributed by atoms with Gasteiger partial charge in [-0.05, 0) is 51.7 Å². The number of ether oxygens (including phenoxy) is 2. The van der Waals surface area contributed by atoms with Crippen molar-refractivity contribution < 1.29 is 28.7 Å². The Bertz CT molecular complexity index is 798. The van der Waals surface area contributed by atoms with E-state index in [0.29, 0.717) is 31.7 Å². The number of hydrogen-bond donors (Lipinski definition) is 3. The summed E-state index contributed by atoms with van der Waals surface area (Å²) in [6.07, 6.45) is 3.01. The van der Waals surface area contributed by atoms with E-state index in [1.54, 1.807) is 37.9 Å². The van der Waals surface area contributed by atoms with E-state index in [1.165, 1.54) is 7.11 Å². The summed E-state index contributed by atoms with van der Waals surface area (Å²) in [6, 6.07) is 3.40. The standard InChI is InChI=1S/C17H24N4O4.C5H11NO2/c1-3-12-4-5-14(18-10-12)20-17(24)16(23)19-13-6-8-21(9-7-13)15(22)11-25-2;1-5(2,3)8-4(6)7/h4-5,10,13H,3,6-9,11H2,1-2H3,(H,19,23)(H,18,20,24);1-3H3,(H2,6,7). The highest BCUT2D eigenvalue weighted by Gasteiger charge is 2.25. The van der Waals surface area contributed by atoms with Crippen molar-refractivity contribution in [2.75, 3.05) is 32.1 Å². The fraction of sp³-hybridized carbons (Fsp3) is 0.591. The second-order valence-electron chi connectivity index (χ2n) is 8.45. The fourth-order valence-electron chi connectivity index (χ4n) is 2.92. The number of aromatic nitrogens is 1. The van der Waals surface area contributed by atoms with Gasteiger partial charge in [0.05, 0.1) is 0 Å². The number of rotatable bonds is 5. The van der Waals surface area contributed by atoms with Gasteiger partial charge in [-0.1, -0.05) is 13.0 Å². The van der Waals surface area contributed by atoms with Crippen LogP contribution in [0.15, 0.2) is 18.3 Å². The Labute approximate surface area is 194 Å². The molecule has 1 aliphatic heterocycles. The molecular weight excluding hydrogens is 430 g/mol. The van der Waals surface area contributed by atoms with Gasteiger partial charge in [-0.15, -0.1) is 0 Å². The molecule has 0 bridgehead atoms. The van der Waals surface area contributed by atoms with Gasteiger partial charge in [0, 0.05) is 32.4 Å². The third-order valence-corrected chi connectivity index (χ3v) is 4.54. The van der Waals surface area contributed by atoms with Crippen molar-refractivity contribution in [1.29, 1.82) is 0 Å². The van der Waals surface area contributed by atoms with Gasteiger partial charge in [0.25, 0.3) is 0 Å². The molecule has 0 spiro atoms. The molecule has 0 aromatic carbocycles. The van der Waals surface area contributed by atoms with Crippen LogP contribution < -0.4 is 16.4 Å². The minimum Gasteiger partial charge on any atom is -0.444 e. The Morgan fingerprint density at radius 2 is 1.79 bits per heavy atom. The summed E-state index contributed by atoms with van der Waals surface area (Å²) in [4.78, 5) is 51.5. The average molecular weight is 466 g/mol. The van der Waals surface area contributed by atoms with Crippen molar-refractivity contribution in [2.45, 2.75) is 58.6 Å². The average Bonchev–Trinajstić information content (AvgIpc) is 2.73. The number of piperidine rings is 1. The Kier molecular flexibility index (Phi) is 11.3. The normalized spacial score (nSPS) is 13.9. The molecule has 1 saturated heterocycles. The van der Waals surface area contributed by atoms with Crippen molar-refractivity contribution in [3.05, 3.63) is 23.9 Å². The molecule has 0 saturated carbocycles.